The Labute approximate surface area is 116 Å². The second-order valence-corrected chi connectivity index (χ2v) is 4.36. The standard InChI is InChI=1S/C16H13NO3/c18-11-12-6-7-15-14(10-12)17-16(20-15)8-9-19-13-4-2-1-3-5-13/h1-7,10-11H,8-9H2. The van der Waals surface area contributed by atoms with Crippen LogP contribution in [0.25, 0.3) is 11.1 Å². The molecule has 4 nitrogen and oxygen atoms in total. The van der Waals surface area contributed by atoms with E-state index in [9.17, 15) is 4.79 Å². The lowest BCUT2D eigenvalue weighted by atomic mass is 10.2. The Morgan fingerprint density at radius 1 is 1.15 bits per heavy atom. The van der Waals surface area contributed by atoms with Crippen molar-refractivity contribution >= 4 is 17.4 Å². The molecule has 0 spiro atoms. The Morgan fingerprint density at radius 2 is 2.00 bits per heavy atom. The lowest BCUT2D eigenvalue weighted by Gasteiger charge is -2.03. The minimum absolute atomic E-state index is 0.497. The van der Waals surface area contributed by atoms with Crippen LogP contribution in [0.2, 0.25) is 0 Å². The average Bonchev–Trinajstić information content (AvgIpc) is 2.90. The van der Waals surface area contributed by atoms with Gasteiger partial charge in [0, 0.05) is 5.56 Å². The number of fused-ring (bicyclic) bond motifs is 1. The van der Waals surface area contributed by atoms with E-state index >= 15 is 0 Å². The predicted molar refractivity (Wildman–Crippen MR) is 75.0 cm³/mol. The number of para-hydroxylation sites is 1. The molecule has 0 unspecified atom stereocenters. The topological polar surface area (TPSA) is 52.3 Å². The number of rotatable bonds is 5. The van der Waals surface area contributed by atoms with E-state index < -0.39 is 0 Å². The van der Waals surface area contributed by atoms with Crippen molar-refractivity contribution in [3.63, 3.8) is 0 Å². The van der Waals surface area contributed by atoms with E-state index in [2.05, 4.69) is 4.98 Å². The second kappa shape index (κ2) is 5.57. The highest BCUT2D eigenvalue weighted by Gasteiger charge is 2.06. The van der Waals surface area contributed by atoms with Crippen molar-refractivity contribution in [3.05, 3.63) is 60.0 Å². The first-order valence-corrected chi connectivity index (χ1v) is 6.37. The monoisotopic (exact) mass is 267 g/mol. The van der Waals surface area contributed by atoms with Gasteiger partial charge in [0.1, 0.15) is 17.6 Å². The van der Waals surface area contributed by atoms with Gasteiger partial charge in [-0.2, -0.15) is 0 Å². The van der Waals surface area contributed by atoms with E-state index in [0.29, 0.717) is 35.6 Å². The zero-order valence-corrected chi connectivity index (χ0v) is 10.8. The summed E-state index contributed by atoms with van der Waals surface area (Å²) in [6, 6.07) is 14.8. The molecular weight excluding hydrogens is 254 g/mol. The molecule has 20 heavy (non-hydrogen) atoms. The van der Waals surface area contributed by atoms with E-state index in [1.165, 1.54) is 0 Å². The molecule has 3 rings (SSSR count). The average molecular weight is 267 g/mol. The summed E-state index contributed by atoms with van der Waals surface area (Å²) < 4.78 is 11.2. The molecule has 0 bridgehead atoms. The first-order chi connectivity index (χ1) is 9.85. The third-order valence-corrected chi connectivity index (χ3v) is 2.92. The number of aldehydes is 1. The van der Waals surface area contributed by atoms with Gasteiger partial charge in [0.05, 0.1) is 13.0 Å². The molecule has 0 fully saturated rings. The van der Waals surface area contributed by atoms with Gasteiger partial charge in [0.2, 0.25) is 0 Å². The summed E-state index contributed by atoms with van der Waals surface area (Å²) >= 11 is 0. The smallest absolute Gasteiger partial charge is 0.198 e. The molecule has 0 aliphatic rings. The fourth-order valence-electron chi connectivity index (χ4n) is 1.95. The number of ether oxygens (including phenoxy) is 1. The molecule has 4 heteroatoms. The van der Waals surface area contributed by atoms with Crippen LogP contribution < -0.4 is 4.74 Å². The molecule has 1 heterocycles. The van der Waals surface area contributed by atoms with Gasteiger partial charge in [-0.05, 0) is 30.3 Å². The number of aromatic nitrogens is 1. The van der Waals surface area contributed by atoms with Crippen molar-refractivity contribution in [1.82, 2.24) is 4.98 Å². The van der Waals surface area contributed by atoms with E-state index in [4.69, 9.17) is 9.15 Å². The number of hydrogen-bond acceptors (Lipinski definition) is 4. The summed E-state index contributed by atoms with van der Waals surface area (Å²) in [6.45, 7) is 0.497. The molecule has 100 valence electrons. The summed E-state index contributed by atoms with van der Waals surface area (Å²) in [5.74, 6) is 1.44. The molecule has 1 aromatic heterocycles. The Kier molecular flexibility index (Phi) is 3.46. The molecule has 0 atom stereocenters. The van der Waals surface area contributed by atoms with Crippen LogP contribution in [0.5, 0.6) is 5.75 Å². The number of carbonyl (C=O) groups excluding carboxylic acids is 1. The Morgan fingerprint density at radius 3 is 2.80 bits per heavy atom. The maximum absolute atomic E-state index is 10.7. The summed E-state index contributed by atoms with van der Waals surface area (Å²) in [6.07, 6.45) is 1.38. The quantitative estimate of drug-likeness (QED) is 0.666. The van der Waals surface area contributed by atoms with Crippen molar-refractivity contribution in [2.24, 2.45) is 0 Å². The Bertz CT molecular complexity index is 719. The van der Waals surface area contributed by atoms with E-state index in [-0.39, 0.29) is 0 Å². The van der Waals surface area contributed by atoms with Gasteiger partial charge in [-0.3, -0.25) is 4.79 Å². The highest BCUT2D eigenvalue weighted by atomic mass is 16.5. The molecule has 0 N–H and O–H groups in total. The fourth-order valence-corrected chi connectivity index (χ4v) is 1.95. The lowest BCUT2D eigenvalue weighted by Crippen LogP contribution is -2.01. The van der Waals surface area contributed by atoms with Crippen LogP contribution >= 0.6 is 0 Å². The van der Waals surface area contributed by atoms with Gasteiger partial charge >= 0.3 is 0 Å². The minimum atomic E-state index is 0.497. The minimum Gasteiger partial charge on any atom is -0.493 e. The summed E-state index contributed by atoms with van der Waals surface area (Å²) in [5.41, 5.74) is 1.98. The van der Waals surface area contributed by atoms with Crippen molar-refractivity contribution in [2.75, 3.05) is 6.61 Å². The first-order valence-electron chi connectivity index (χ1n) is 6.37. The van der Waals surface area contributed by atoms with Crippen LogP contribution in [-0.4, -0.2) is 17.9 Å². The van der Waals surface area contributed by atoms with Crippen LogP contribution in [0.4, 0.5) is 0 Å². The number of hydrogen-bond donors (Lipinski definition) is 0. The normalized spacial score (nSPS) is 10.6. The van der Waals surface area contributed by atoms with Crippen molar-refractivity contribution < 1.29 is 13.9 Å². The van der Waals surface area contributed by atoms with Crippen molar-refractivity contribution in [3.8, 4) is 5.75 Å². The van der Waals surface area contributed by atoms with Crippen LogP contribution in [0.3, 0.4) is 0 Å². The van der Waals surface area contributed by atoms with Gasteiger partial charge in [-0.1, -0.05) is 18.2 Å². The largest absolute Gasteiger partial charge is 0.493 e. The number of carbonyl (C=O) groups is 1. The molecule has 0 aliphatic heterocycles. The SMILES string of the molecule is O=Cc1ccc2oc(CCOc3ccccc3)nc2c1. The predicted octanol–water partition coefficient (Wildman–Crippen LogP) is 3.26. The number of nitrogens with zero attached hydrogens (tertiary/aromatic N) is 1. The lowest BCUT2D eigenvalue weighted by molar-refractivity contribution is 0.112. The zero-order chi connectivity index (χ0) is 13.8. The highest BCUT2D eigenvalue weighted by Crippen LogP contribution is 2.17. The number of benzene rings is 2. The molecule has 0 radical (unpaired) electrons. The fraction of sp³-hybridized carbons (Fsp3) is 0.125. The van der Waals surface area contributed by atoms with Crippen molar-refractivity contribution in [1.29, 1.82) is 0 Å². The van der Waals surface area contributed by atoms with Gasteiger partial charge in [-0.25, -0.2) is 4.98 Å². The zero-order valence-electron chi connectivity index (χ0n) is 10.8. The van der Waals surface area contributed by atoms with Crippen LogP contribution in [0.15, 0.2) is 52.9 Å². The van der Waals surface area contributed by atoms with Crippen LogP contribution in [0, 0.1) is 0 Å². The van der Waals surface area contributed by atoms with Gasteiger partial charge in [0.25, 0.3) is 0 Å². The maximum atomic E-state index is 10.7. The molecule has 2 aromatic carbocycles. The molecule has 0 amide bonds. The molecule has 0 saturated heterocycles. The third kappa shape index (κ3) is 2.69. The third-order valence-electron chi connectivity index (χ3n) is 2.92. The molecule has 0 saturated carbocycles. The number of oxazole rings is 1. The second-order valence-electron chi connectivity index (χ2n) is 4.36. The summed E-state index contributed by atoms with van der Waals surface area (Å²) in [5, 5.41) is 0. The van der Waals surface area contributed by atoms with Crippen LogP contribution in [0.1, 0.15) is 16.2 Å². The van der Waals surface area contributed by atoms with Gasteiger partial charge in [0.15, 0.2) is 11.5 Å². The Hall–Kier alpha value is -2.62. The van der Waals surface area contributed by atoms with Crippen molar-refractivity contribution in [2.45, 2.75) is 6.42 Å². The molecule has 0 aliphatic carbocycles. The van der Waals surface area contributed by atoms with E-state index in [0.717, 1.165) is 12.0 Å². The van der Waals surface area contributed by atoms with Gasteiger partial charge in [-0.15, -0.1) is 0 Å². The van der Waals surface area contributed by atoms with E-state index in [1.807, 2.05) is 30.3 Å². The molecule has 3 aromatic rings. The first kappa shape index (κ1) is 12.4. The highest BCUT2D eigenvalue weighted by molar-refractivity contribution is 5.83. The molecular formula is C16H13NO3. The van der Waals surface area contributed by atoms with Crippen LogP contribution in [-0.2, 0) is 6.42 Å². The van der Waals surface area contributed by atoms with Gasteiger partial charge < -0.3 is 9.15 Å². The Balaban J connectivity index is 1.67. The van der Waals surface area contributed by atoms with E-state index in [1.54, 1.807) is 18.2 Å². The maximum Gasteiger partial charge on any atom is 0.198 e. The summed E-state index contributed by atoms with van der Waals surface area (Å²) in [4.78, 5) is 15.1. The summed E-state index contributed by atoms with van der Waals surface area (Å²) in [7, 11) is 0.